The van der Waals surface area contributed by atoms with E-state index in [-0.39, 0.29) is 5.43 Å². The molecule has 0 N–H and O–H groups in total. The summed E-state index contributed by atoms with van der Waals surface area (Å²) < 4.78 is 29.1. The summed E-state index contributed by atoms with van der Waals surface area (Å²) in [6.45, 7) is 2.27. The second kappa shape index (κ2) is 16.5. The molecule has 0 aliphatic carbocycles. The number of benzene rings is 5. The SMILES string of the molecule is COc1ccc(/C=C/c2cc(=O)c3ccc(OCc4ccc(OC)cc4)c(CN(CCc4ccccc4)Cc4ccc(OC)cc4)c3o2)cc1. The normalized spacial score (nSPS) is 11.3. The largest absolute Gasteiger partial charge is 0.497 e. The predicted molar refractivity (Wildman–Crippen MR) is 199 cm³/mol. The summed E-state index contributed by atoms with van der Waals surface area (Å²) in [4.78, 5) is 15.9. The van der Waals surface area contributed by atoms with Gasteiger partial charge < -0.3 is 23.4 Å². The van der Waals surface area contributed by atoms with Gasteiger partial charge in [0.15, 0.2) is 5.43 Å². The summed E-state index contributed by atoms with van der Waals surface area (Å²) in [5.41, 5.74) is 5.55. The molecule has 6 rings (SSSR count). The van der Waals surface area contributed by atoms with Gasteiger partial charge in [-0.1, -0.05) is 72.8 Å². The van der Waals surface area contributed by atoms with Gasteiger partial charge in [0.25, 0.3) is 0 Å². The van der Waals surface area contributed by atoms with E-state index >= 15 is 0 Å². The van der Waals surface area contributed by atoms with Crippen LogP contribution in [0.15, 0.2) is 131 Å². The monoisotopic (exact) mass is 667 g/mol. The van der Waals surface area contributed by atoms with Crippen molar-refractivity contribution in [1.82, 2.24) is 4.90 Å². The lowest BCUT2D eigenvalue weighted by Crippen LogP contribution is -2.26. The molecule has 0 amide bonds. The Morgan fingerprint density at radius 1 is 0.640 bits per heavy atom. The molecule has 1 heterocycles. The number of methoxy groups -OCH3 is 3. The van der Waals surface area contributed by atoms with E-state index in [1.54, 1.807) is 27.4 Å². The highest BCUT2D eigenvalue weighted by atomic mass is 16.5. The molecule has 1 aromatic heterocycles. The van der Waals surface area contributed by atoms with Gasteiger partial charge in [-0.2, -0.15) is 0 Å². The highest BCUT2D eigenvalue weighted by Crippen LogP contribution is 2.31. The zero-order valence-corrected chi connectivity index (χ0v) is 28.6. The molecule has 0 aliphatic heterocycles. The minimum Gasteiger partial charge on any atom is -0.497 e. The number of ether oxygens (including phenoxy) is 4. The van der Waals surface area contributed by atoms with Crippen molar-refractivity contribution in [3.63, 3.8) is 0 Å². The molecular weight excluding hydrogens is 626 g/mol. The first-order valence-corrected chi connectivity index (χ1v) is 16.6. The Kier molecular flexibility index (Phi) is 11.3. The fraction of sp³-hybridized carbons (Fsp3) is 0.186. The quantitative estimate of drug-likeness (QED) is 0.108. The van der Waals surface area contributed by atoms with Crippen LogP contribution in [0.4, 0.5) is 0 Å². The van der Waals surface area contributed by atoms with Gasteiger partial charge in [-0.25, -0.2) is 0 Å². The number of rotatable bonds is 15. The van der Waals surface area contributed by atoms with E-state index in [0.29, 0.717) is 42.2 Å². The second-order valence-electron chi connectivity index (χ2n) is 12.0. The maximum Gasteiger partial charge on any atom is 0.193 e. The Balaban J connectivity index is 1.38. The topological polar surface area (TPSA) is 70.4 Å². The minimum atomic E-state index is -0.116. The van der Waals surface area contributed by atoms with Crippen LogP contribution in [0.2, 0.25) is 0 Å². The molecule has 6 aromatic rings. The van der Waals surface area contributed by atoms with E-state index in [2.05, 4.69) is 41.3 Å². The van der Waals surface area contributed by atoms with Crippen LogP contribution < -0.4 is 24.4 Å². The van der Waals surface area contributed by atoms with Crippen LogP contribution >= 0.6 is 0 Å². The molecule has 0 aliphatic rings. The van der Waals surface area contributed by atoms with Gasteiger partial charge >= 0.3 is 0 Å². The molecule has 5 aromatic carbocycles. The molecule has 0 atom stereocenters. The Morgan fingerprint density at radius 2 is 1.26 bits per heavy atom. The summed E-state index contributed by atoms with van der Waals surface area (Å²) in [5.74, 6) is 3.48. The lowest BCUT2D eigenvalue weighted by Gasteiger charge is -2.25. The van der Waals surface area contributed by atoms with Crippen LogP contribution in [0.1, 0.15) is 33.6 Å². The van der Waals surface area contributed by atoms with Crippen molar-refractivity contribution in [2.75, 3.05) is 27.9 Å². The van der Waals surface area contributed by atoms with Crippen molar-refractivity contribution in [2.24, 2.45) is 0 Å². The maximum atomic E-state index is 13.6. The van der Waals surface area contributed by atoms with Gasteiger partial charge in [0, 0.05) is 25.7 Å². The molecule has 0 fully saturated rings. The van der Waals surface area contributed by atoms with Gasteiger partial charge in [-0.15, -0.1) is 0 Å². The highest BCUT2D eigenvalue weighted by Gasteiger charge is 2.19. The zero-order chi connectivity index (χ0) is 34.7. The van der Waals surface area contributed by atoms with Crippen LogP contribution in [-0.4, -0.2) is 32.8 Å². The van der Waals surface area contributed by atoms with E-state index in [9.17, 15) is 4.79 Å². The third-order valence-corrected chi connectivity index (χ3v) is 8.59. The minimum absolute atomic E-state index is 0.116. The van der Waals surface area contributed by atoms with Crippen LogP contribution in [0.25, 0.3) is 23.1 Å². The Morgan fingerprint density at radius 3 is 1.90 bits per heavy atom. The average molecular weight is 668 g/mol. The average Bonchev–Trinajstić information content (AvgIpc) is 3.17. The molecule has 0 radical (unpaired) electrons. The number of hydrogen-bond donors (Lipinski definition) is 0. The molecular formula is C43H41NO6. The van der Waals surface area contributed by atoms with Crippen LogP contribution in [0.5, 0.6) is 23.0 Å². The van der Waals surface area contributed by atoms with E-state index in [0.717, 1.165) is 52.5 Å². The summed E-state index contributed by atoms with van der Waals surface area (Å²) in [6, 6.07) is 39.3. The summed E-state index contributed by atoms with van der Waals surface area (Å²) >= 11 is 0. The molecule has 50 heavy (non-hydrogen) atoms. The maximum absolute atomic E-state index is 13.6. The zero-order valence-electron chi connectivity index (χ0n) is 28.6. The molecule has 7 heteroatoms. The third kappa shape index (κ3) is 8.81. The summed E-state index contributed by atoms with van der Waals surface area (Å²) in [7, 11) is 4.96. The smallest absolute Gasteiger partial charge is 0.193 e. The summed E-state index contributed by atoms with van der Waals surface area (Å²) in [6.07, 6.45) is 4.59. The second-order valence-corrected chi connectivity index (χ2v) is 12.0. The van der Waals surface area contributed by atoms with Gasteiger partial charge in [0.1, 0.15) is 40.9 Å². The Hall–Kier alpha value is -5.79. The Bertz CT molecular complexity index is 2070. The van der Waals surface area contributed by atoms with E-state index in [1.165, 1.54) is 11.6 Å². The predicted octanol–water partition coefficient (Wildman–Crippen LogP) is 8.81. The van der Waals surface area contributed by atoms with Crippen LogP contribution in [-0.2, 0) is 26.1 Å². The molecule has 0 saturated heterocycles. The molecule has 0 saturated carbocycles. The van der Waals surface area contributed by atoms with E-state index < -0.39 is 0 Å². The van der Waals surface area contributed by atoms with Crippen LogP contribution in [0.3, 0.4) is 0 Å². The number of fused-ring (bicyclic) bond motifs is 1. The van der Waals surface area contributed by atoms with Gasteiger partial charge in [-0.05, 0) is 83.3 Å². The van der Waals surface area contributed by atoms with Crippen molar-refractivity contribution in [3.8, 4) is 23.0 Å². The highest BCUT2D eigenvalue weighted by molar-refractivity contribution is 5.83. The van der Waals surface area contributed by atoms with Crippen molar-refractivity contribution >= 4 is 23.1 Å². The first-order valence-electron chi connectivity index (χ1n) is 16.6. The van der Waals surface area contributed by atoms with Crippen molar-refractivity contribution in [1.29, 1.82) is 0 Å². The lowest BCUT2D eigenvalue weighted by molar-refractivity contribution is 0.248. The molecule has 7 nitrogen and oxygen atoms in total. The molecule has 254 valence electrons. The summed E-state index contributed by atoms with van der Waals surface area (Å²) in [5, 5.41) is 0.505. The molecule has 0 unspecified atom stereocenters. The third-order valence-electron chi connectivity index (χ3n) is 8.59. The molecule has 0 spiro atoms. The fourth-order valence-corrected chi connectivity index (χ4v) is 5.78. The van der Waals surface area contributed by atoms with Crippen molar-refractivity contribution in [3.05, 3.63) is 165 Å². The van der Waals surface area contributed by atoms with E-state index in [1.807, 2.05) is 84.9 Å². The van der Waals surface area contributed by atoms with Crippen molar-refractivity contribution < 1.29 is 23.4 Å². The molecule has 0 bridgehead atoms. The van der Waals surface area contributed by atoms with Crippen molar-refractivity contribution in [2.45, 2.75) is 26.1 Å². The van der Waals surface area contributed by atoms with E-state index in [4.69, 9.17) is 23.4 Å². The number of hydrogen-bond acceptors (Lipinski definition) is 7. The standard InChI is InChI=1S/C43H41NO6/c1-46-35-16-9-32(10-17-35)11-22-38-27-41(45)39-23-24-42(49-30-34-14-20-37(48-3)21-15-34)40(43(39)50-38)29-44(26-25-31-7-5-4-6-8-31)28-33-12-18-36(47-2)19-13-33/h4-24,27H,25-26,28-30H2,1-3H3/b22-11+. The lowest BCUT2D eigenvalue weighted by atomic mass is 10.1. The fourth-order valence-electron chi connectivity index (χ4n) is 5.78. The Labute approximate surface area is 292 Å². The first kappa shape index (κ1) is 34.1. The van der Waals surface area contributed by atoms with Gasteiger partial charge in [-0.3, -0.25) is 9.69 Å². The van der Waals surface area contributed by atoms with Crippen LogP contribution in [0, 0.1) is 0 Å². The first-order chi connectivity index (χ1) is 24.5. The van der Waals surface area contributed by atoms with Gasteiger partial charge in [0.05, 0.1) is 32.3 Å². The number of nitrogens with zero attached hydrogens (tertiary/aromatic N) is 1. The van der Waals surface area contributed by atoms with Gasteiger partial charge in [0.2, 0.25) is 0 Å².